The number of fused-ring (bicyclic) bond motifs is 4. The van der Waals surface area contributed by atoms with Crippen LogP contribution in [0.2, 0.25) is 10.0 Å². The number of hydrazine groups is 1. The van der Waals surface area contributed by atoms with Crippen LogP contribution in [0.15, 0.2) is 96.7 Å². The van der Waals surface area contributed by atoms with Crippen LogP contribution < -0.4 is 10.2 Å². The molecule has 3 heterocycles. The zero-order valence-corrected chi connectivity index (χ0v) is 29.8. The van der Waals surface area contributed by atoms with Gasteiger partial charge in [-0.15, -0.1) is 0 Å². The maximum atomic E-state index is 15.2. The molecule has 2 aliphatic carbocycles. The van der Waals surface area contributed by atoms with Gasteiger partial charge >= 0.3 is 6.18 Å². The Bertz CT molecular complexity index is 2290. The number of alkyl halides is 3. The molecule has 2 saturated heterocycles. The van der Waals surface area contributed by atoms with E-state index in [2.05, 4.69) is 10.4 Å². The highest BCUT2D eigenvalue weighted by Crippen LogP contribution is 2.65. The van der Waals surface area contributed by atoms with Gasteiger partial charge in [-0.3, -0.25) is 29.8 Å². The van der Waals surface area contributed by atoms with Crippen LogP contribution in [0.1, 0.15) is 41.0 Å². The van der Waals surface area contributed by atoms with Gasteiger partial charge in [-0.05, 0) is 54.2 Å². The Labute approximate surface area is 320 Å². The SMILES string of the molecule is O=C1[C@H]2[C@H](CC=C3[C@H]2C[C@H]2C(=O)N(Nc4ncc(C(F)(F)F)cc4Cl)C(=O)[C@@]2(c2ccc(Cl)cc2)[C@H]3c2ccc(OCc3ccccc3)cc2O)C(=O)N1O. The molecule has 3 fully saturated rings. The lowest BCUT2D eigenvalue weighted by atomic mass is 9.49. The molecular weight excluding hydrogens is 764 g/mol. The number of halogens is 5. The molecule has 1 aromatic heterocycles. The van der Waals surface area contributed by atoms with E-state index in [0.29, 0.717) is 39.2 Å². The molecule has 16 heteroatoms. The summed E-state index contributed by atoms with van der Waals surface area (Å²) in [6.07, 6.45) is -2.69. The summed E-state index contributed by atoms with van der Waals surface area (Å²) >= 11 is 12.5. The first-order chi connectivity index (χ1) is 26.2. The second-order valence-corrected chi connectivity index (χ2v) is 14.7. The van der Waals surface area contributed by atoms with Crippen molar-refractivity contribution < 1.29 is 47.4 Å². The zero-order chi connectivity index (χ0) is 39.0. The molecule has 282 valence electrons. The number of carbonyl (C=O) groups is 4. The number of aromatic hydroxyl groups is 1. The van der Waals surface area contributed by atoms with Crippen LogP contribution >= 0.6 is 23.2 Å². The highest BCUT2D eigenvalue weighted by Gasteiger charge is 2.70. The number of benzene rings is 3. The van der Waals surface area contributed by atoms with Gasteiger partial charge in [0, 0.05) is 28.8 Å². The number of ether oxygens (including phenoxy) is 1. The molecule has 4 amide bonds. The van der Waals surface area contributed by atoms with Gasteiger partial charge in [0.1, 0.15) is 18.1 Å². The number of phenolic OH excluding ortho intramolecular Hbond substituents is 1. The van der Waals surface area contributed by atoms with Crippen molar-refractivity contribution in [3.05, 3.63) is 129 Å². The van der Waals surface area contributed by atoms with Crippen LogP contribution in [0.5, 0.6) is 11.5 Å². The van der Waals surface area contributed by atoms with E-state index in [-0.39, 0.29) is 35.8 Å². The summed E-state index contributed by atoms with van der Waals surface area (Å²) in [7, 11) is 0. The van der Waals surface area contributed by atoms with E-state index in [1.165, 1.54) is 18.2 Å². The molecule has 1 saturated carbocycles. The number of imide groups is 2. The number of aromatic nitrogens is 1. The van der Waals surface area contributed by atoms with Crippen LogP contribution in [0, 0.1) is 23.7 Å². The van der Waals surface area contributed by atoms with Crippen molar-refractivity contribution in [2.24, 2.45) is 23.7 Å². The molecular formula is C39H29Cl2F3N4O7. The minimum Gasteiger partial charge on any atom is -0.508 e. The number of hydrogen-bond acceptors (Lipinski definition) is 9. The summed E-state index contributed by atoms with van der Waals surface area (Å²) in [6.45, 7) is 0.179. The summed E-state index contributed by atoms with van der Waals surface area (Å²) in [4.78, 5) is 60.2. The Balaban J connectivity index is 1.29. The van der Waals surface area contributed by atoms with E-state index in [1.807, 2.05) is 30.3 Å². The lowest BCUT2D eigenvalue weighted by Crippen LogP contribution is -2.53. The first-order valence-electron chi connectivity index (χ1n) is 17.1. The topological polar surface area (TPSA) is 149 Å². The van der Waals surface area contributed by atoms with Gasteiger partial charge in [0.25, 0.3) is 23.6 Å². The van der Waals surface area contributed by atoms with Gasteiger partial charge in [-0.25, -0.2) is 4.98 Å². The quantitative estimate of drug-likeness (QED) is 0.102. The van der Waals surface area contributed by atoms with Crippen molar-refractivity contribution in [2.75, 3.05) is 5.43 Å². The number of hydrogen-bond donors (Lipinski definition) is 3. The average molecular weight is 794 g/mol. The summed E-state index contributed by atoms with van der Waals surface area (Å²) < 4.78 is 46.3. The fourth-order valence-electron chi connectivity index (χ4n) is 8.71. The van der Waals surface area contributed by atoms with Crippen molar-refractivity contribution in [3.63, 3.8) is 0 Å². The van der Waals surface area contributed by atoms with Gasteiger partial charge in [-0.2, -0.15) is 23.2 Å². The number of nitrogens with one attached hydrogen (secondary N) is 1. The molecule has 11 nitrogen and oxygen atoms in total. The second kappa shape index (κ2) is 13.4. The molecule has 4 aromatic rings. The number of rotatable bonds is 7. The molecule has 0 bridgehead atoms. The maximum absolute atomic E-state index is 15.2. The molecule has 2 aliphatic heterocycles. The van der Waals surface area contributed by atoms with E-state index in [4.69, 9.17) is 27.9 Å². The molecule has 3 N–H and O–H groups in total. The predicted octanol–water partition coefficient (Wildman–Crippen LogP) is 7.07. The molecule has 6 atom stereocenters. The van der Waals surface area contributed by atoms with Gasteiger partial charge in [0.15, 0.2) is 5.82 Å². The summed E-state index contributed by atoms with van der Waals surface area (Å²) in [6, 6.07) is 20.7. The van der Waals surface area contributed by atoms with Crippen LogP contribution in [0.3, 0.4) is 0 Å². The monoisotopic (exact) mass is 792 g/mol. The van der Waals surface area contributed by atoms with Crippen molar-refractivity contribution in [1.82, 2.24) is 15.1 Å². The number of allylic oxidation sites excluding steroid dienone is 2. The van der Waals surface area contributed by atoms with Gasteiger partial charge in [0.2, 0.25) is 0 Å². The van der Waals surface area contributed by atoms with Crippen molar-refractivity contribution >= 4 is 52.6 Å². The fourth-order valence-corrected chi connectivity index (χ4v) is 9.04. The smallest absolute Gasteiger partial charge is 0.417 e. The Kier molecular flexibility index (Phi) is 8.90. The highest BCUT2D eigenvalue weighted by molar-refractivity contribution is 6.33. The minimum absolute atomic E-state index is 0.0181. The van der Waals surface area contributed by atoms with Crippen molar-refractivity contribution in [3.8, 4) is 11.5 Å². The standard InChI is InChI=1S/C39H29Cl2F3N4O7/c40-22-8-6-20(7-9-22)38-28(35(51)47(37(38)53)46-33-29(41)14-21(17-45-33)39(42,43)44)16-27-24(12-13-26-31(27)36(52)48(54)34(26)50)32(38)25-11-10-23(15-30(25)49)55-18-19-4-2-1-3-5-19/h1-12,14-15,17,26-28,31-32,49,54H,13,16,18H2,(H,45,46)/t26-,27+,28-,31-,32+,38+/m0/s1. The number of anilines is 1. The predicted molar refractivity (Wildman–Crippen MR) is 189 cm³/mol. The van der Waals surface area contributed by atoms with Gasteiger partial charge in [0.05, 0.1) is 33.8 Å². The Hall–Kier alpha value is -5.44. The highest BCUT2D eigenvalue weighted by atomic mass is 35.5. The lowest BCUT2D eigenvalue weighted by molar-refractivity contribution is -0.173. The van der Waals surface area contributed by atoms with Gasteiger partial charge in [-0.1, -0.05) is 83.4 Å². The largest absolute Gasteiger partial charge is 0.508 e. The second-order valence-electron chi connectivity index (χ2n) is 13.9. The third-order valence-corrected chi connectivity index (χ3v) is 11.6. The van der Waals surface area contributed by atoms with Crippen LogP contribution in [0.4, 0.5) is 19.0 Å². The maximum Gasteiger partial charge on any atom is 0.417 e. The van der Waals surface area contributed by atoms with Crippen LogP contribution in [-0.4, -0.2) is 49.0 Å². The van der Waals surface area contributed by atoms with Crippen molar-refractivity contribution in [2.45, 2.75) is 37.0 Å². The number of amides is 4. The third kappa shape index (κ3) is 5.81. The molecule has 0 unspecified atom stereocenters. The Morgan fingerprint density at radius 2 is 1.65 bits per heavy atom. The molecule has 8 rings (SSSR count). The zero-order valence-electron chi connectivity index (χ0n) is 28.3. The van der Waals surface area contributed by atoms with E-state index in [9.17, 15) is 37.9 Å². The Morgan fingerprint density at radius 1 is 0.927 bits per heavy atom. The van der Waals surface area contributed by atoms with E-state index >= 15 is 4.79 Å². The first-order valence-corrected chi connectivity index (χ1v) is 17.9. The molecule has 55 heavy (non-hydrogen) atoms. The third-order valence-electron chi connectivity index (χ3n) is 11.1. The Morgan fingerprint density at radius 3 is 2.33 bits per heavy atom. The number of hydroxylamine groups is 2. The number of nitrogens with zero attached hydrogens (tertiary/aromatic N) is 3. The van der Waals surface area contributed by atoms with Crippen LogP contribution in [0.25, 0.3) is 0 Å². The molecule has 3 aromatic carbocycles. The molecule has 0 radical (unpaired) electrons. The van der Waals surface area contributed by atoms with Crippen LogP contribution in [-0.2, 0) is 37.4 Å². The van der Waals surface area contributed by atoms with Gasteiger partial charge < -0.3 is 9.84 Å². The summed E-state index contributed by atoms with van der Waals surface area (Å²) in [5, 5.41) is 22.8. The average Bonchev–Trinajstić information content (AvgIpc) is 3.51. The minimum atomic E-state index is -4.77. The molecule has 4 aliphatic rings. The first kappa shape index (κ1) is 36.5. The lowest BCUT2D eigenvalue weighted by Gasteiger charge is -2.50. The number of pyridine rings is 1. The van der Waals surface area contributed by atoms with E-state index in [1.54, 1.807) is 30.3 Å². The summed E-state index contributed by atoms with van der Waals surface area (Å²) in [5.41, 5.74) is 1.38. The number of phenols is 1. The molecule has 0 spiro atoms. The van der Waals surface area contributed by atoms with E-state index < -0.39 is 81.2 Å². The normalized spacial score (nSPS) is 26.1. The summed E-state index contributed by atoms with van der Waals surface area (Å²) in [5.74, 6) is -9.10. The van der Waals surface area contributed by atoms with E-state index in [0.717, 1.165) is 5.56 Å². The van der Waals surface area contributed by atoms with Crippen molar-refractivity contribution in [1.29, 1.82) is 0 Å². The fraction of sp³-hybridized carbons (Fsp3) is 0.256. The number of carbonyl (C=O) groups excluding carboxylic acids is 4.